The van der Waals surface area contributed by atoms with Crippen LogP contribution in [0.15, 0.2) is 0 Å². The summed E-state index contributed by atoms with van der Waals surface area (Å²) in [5, 5.41) is -0.155. The first-order valence-corrected chi connectivity index (χ1v) is 3.73. The molecule has 0 aromatic carbocycles. The lowest BCUT2D eigenvalue weighted by Crippen LogP contribution is -2.19. The lowest BCUT2D eigenvalue weighted by Gasteiger charge is -2.27. The number of aldehydes is 1. The van der Waals surface area contributed by atoms with Crippen LogP contribution in [-0.2, 0) is 4.79 Å². The van der Waals surface area contributed by atoms with Gasteiger partial charge in [-0.1, -0.05) is 27.7 Å². The van der Waals surface area contributed by atoms with Gasteiger partial charge >= 0.3 is 0 Å². The van der Waals surface area contributed by atoms with Crippen molar-refractivity contribution in [3.8, 4) is 0 Å². The van der Waals surface area contributed by atoms with Crippen molar-refractivity contribution in [3.05, 3.63) is 0 Å². The van der Waals surface area contributed by atoms with E-state index < -0.39 is 0 Å². The first kappa shape index (κ1) is 9.73. The third-order valence-electron chi connectivity index (χ3n) is 1.30. The van der Waals surface area contributed by atoms with Gasteiger partial charge in [-0.2, -0.15) is 0 Å². The van der Waals surface area contributed by atoms with E-state index in [1.807, 2.05) is 14.8 Å². The zero-order valence-electron chi connectivity index (χ0n) is 7.69. The maximum absolute atomic E-state index is 10.5. The molecule has 58 valence electrons. The third-order valence-corrected chi connectivity index (χ3v) is 1.30. The summed E-state index contributed by atoms with van der Waals surface area (Å²) in [6, 6.07) is 0. The Hall–Kier alpha value is -0.265. The average Bonchev–Trinajstić information content (AvgIpc) is 1.60. The Balaban J connectivity index is 4.01. The lowest BCUT2D eigenvalue weighted by atomic mass is 9.63. The Bertz CT molecular complexity index is 122. The molecule has 1 atom stereocenters. The van der Waals surface area contributed by atoms with Crippen LogP contribution in [0.5, 0.6) is 0 Å². The Morgan fingerprint density at radius 2 is 1.70 bits per heavy atom. The van der Waals surface area contributed by atoms with Crippen LogP contribution >= 0.6 is 0 Å². The molecule has 0 saturated carbocycles. The van der Waals surface area contributed by atoms with Gasteiger partial charge in [0.05, 0.1) is 0 Å². The van der Waals surface area contributed by atoms with Gasteiger partial charge in [0.2, 0.25) is 0 Å². The minimum Gasteiger partial charge on any atom is -0.304 e. The SMILES string of the molecule is BC(C)(C=O)CC(C)(C)C. The summed E-state index contributed by atoms with van der Waals surface area (Å²) in [4.78, 5) is 10.5. The molecule has 0 aliphatic rings. The standard InChI is InChI=1S/C8H17BO/c1-7(2,3)5-8(4,9)6-10/h6H,5,9H2,1-4H3. The first-order valence-electron chi connectivity index (χ1n) is 3.73. The molecule has 0 aromatic rings. The molecule has 0 saturated heterocycles. The van der Waals surface area contributed by atoms with Crippen molar-refractivity contribution in [1.82, 2.24) is 0 Å². The minimum atomic E-state index is -0.155. The molecule has 0 aliphatic heterocycles. The van der Waals surface area contributed by atoms with Gasteiger partial charge < -0.3 is 4.79 Å². The van der Waals surface area contributed by atoms with Crippen molar-refractivity contribution in [2.75, 3.05) is 0 Å². The maximum Gasteiger partial charge on any atom is 0.118 e. The van der Waals surface area contributed by atoms with Crippen molar-refractivity contribution < 1.29 is 4.79 Å². The van der Waals surface area contributed by atoms with Gasteiger partial charge in [0.1, 0.15) is 14.1 Å². The van der Waals surface area contributed by atoms with Gasteiger partial charge in [-0.25, -0.2) is 0 Å². The second kappa shape index (κ2) is 2.77. The largest absolute Gasteiger partial charge is 0.304 e. The Labute approximate surface area is 64.6 Å². The molecule has 10 heavy (non-hydrogen) atoms. The summed E-state index contributed by atoms with van der Waals surface area (Å²) >= 11 is 0. The van der Waals surface area contributed by atoms with E-state index in [0.717, 1.165) is 12.7 Å². The normalized spacial score (nSPS) is 18.0. The third kappa shape index (κ3) is 4.60. The topological polar surface area (TPSA) is 17.1 Å². The quantitative estimate of drug-likeness (QED) is 0.419. The number of hydrogen-bond donors (Lipinski definition) is 0. The fourth-order valence-corrected chi connectivity index (χ4v) is 1.41. The van der Waals surface area contributed by atoms with Crippen LogP contribution in [0.3, 0.4) is 0 Å². The molecular weight excluding hydrogens is 123 g/mol. The van der Waals surface area contributed by atoms with Crippen LogP contribution in [0, 0.1) is 5.41 Å². The number of rotatable bonds is 2. The number of hydrogen-bond acceptors (Lipinski definition) is 1. The van der Waals surface area contributed by atoms with Crippen molar-refractivity contribution in [2.24, 2.45) is 5.41 Å². The van der Waals surface area contributed by atoms with E-state index in [2.05, 4.69) is 20.8 Å². The van der Waals surface area contributed by atoms with Gasteiger partial charge in [-0.05, 0) is 17.2 Å². The van der Waals surface area contributed by atoms with E-state index in [1.165, 1.54) is 0 Å². The molecule has 0 rings (SSSR count). The lowest BCUT2D eigenvalue weighted by molar-refractivity contribution is -0.110. The molecule has 1 nitrogen and oxygen atoms in total. The molecule has 1 unspecified atom stereocenters. The van der Waals surface area contributed by atoms with E-state index in [0.29, 0.717) is 0 Å². The average molecular weight is 140 g/mol. The van der Waals surface area contributed by atoms with Gasteiger partial charge in [0, 0.05) is 0 Å². The van der Waals surface area contributed by atoms with E-state index in [4.69, 9.17) is 0 Å². The summed E-state index contributed by atoms with van der Waals surface area (Å²) in [6.45, 7) is 8.43. The second-order valence-electron chi connectivity index (χ2n) is 4.84. The van der Waals surface area contributed by atoms with Crippen LogP contribution in [0.1, 0.15) is 34.1 Å². The zero-order chi connectivity index (χ0) is 8.41. The number of carbonyl (C=O) groups is 1. The predicted octanol–water partition coefficient (Wildman–Crippen LogP) is 1.43. The second-order valence-corrected chi connectivity index (χ2v) is 4.84. The molecule has 2 heteroatoms. The molecular formula is C8H17BO. The van der Waals surface area contributed by atoms with Crippen LogP contribution in [-0.4, -0.2) is 14.1 Å². The van der Waals surface area contributed by atoms with Crippen molar-refractivity contribution in [3.63, 3.8) is 0 Å². The smallest absolute Gasteiger partial charge is 0.118 e. The Morgan fingerprint density at radius 1 is 1.30 bits per heavy atom. The van der Waals surface area contributed by atoms with Crippen LogP contribution in [0.2, 0.25) is 5.31 Å². The summed E-state index contributed by atoms with van der Waals surface area (Å²) in [7, 11) is 1.98. The van der Waals surface area contributed by atoms with E-state index in [1.54, 1.807) is 0 Å². The van der Waals surface area contributed by atoms with E-state index in [9.17, 15) is 4.79 Å². The van der Waals surface area contributed by atoms with E-state index in [-0.39, 0.29) is 10.7 Å². The summed E-state index contributed by atoms with van der Waals surface area (Å²) in [5.74, 6) is 0. The van der Waals surface area contributed by atoms with E-state index >= 15 is 0 Å². The van der Waals surface area contributed by atoms with Crippen molar-refractivity contribution in [1.29, 1.82) is 0 Å². The first-order chi connectivity index (χ1) is 4.27. The van der Waals surface area contributed by atoms with Crippen molar-refractivity contribution >= 4 is 14.1 Å². The van der Waals surface area contributed by atoms with Gasteiger partial charge in [0.25, 0.3) is 0 Å². The molecule has 0 spiro atoms. The predicted molar refractivity (Wildman–Crippen MR) is 47.0 cm³/mol. The Kier molecular flexibility index (Phi) is 2.70. The Morgan fingerprint density at radius 3 is 1.80 bits per heavy atom. The fraction of sp³-hybridized carbons (Fsp3) is 0.875. The molecule has 0 aromatic heterocycles. The molecule has 0 bridgehead atoms. The van der Waals surface area contributed by atoms with Crippen LogP contribution in [0.25, 0.3) is 0 Å². The highest BCUT2D eigenvalue weighted by Crippen LogP contribution is 2.34. The summed E-state index contributed by atoms with van der Waals surface area (Å²) in [5.41, 5.74) is 0.254. The number of carbonyl (C=O) groups excluding carboxylic acids is 1. The van der Waals surface area contributed by atoms with Crippen molar-refractivity contribution in [2.45, 2.75) is 39.4 Å². The molecule has 0 amide bonds. The molecule has 0 heterocycles. The monoisotopic (exact) mass is 140 g/mol. The highest BCUT2D eigenvalue weighted by Gasteiger charge is 2.24. The minimum absolute atomic E-state index is 0.155. The highest BCUT2D eigenvalue weighted by atomic mass is 16.1. The molecule has 0 aliphatic carbocycles. The molecule has 0 N–H and O–H groups in total. The van der Waals surface area contributed by atoms with Gasteiger partial charge in [0.15, 0.2) is 0 Å². The van der Waals surface area contributed by atoms with Gasteiger partial charge in [-0.3, -0.25) is 0 Å². The van der Waals surface area contributed by atoms with Gasteiger partial charge in [-0.15, -0.1) is 0 Å². The zero-order valence-corrected chi connectivity index (χ0v) is 7.69. The molecule has 0 fully saturated rings. The molecule has 0 radical (unpaired) electrons. The van der Waals surface area contributed by atoms with Crippen LogP contribution < -0.4 is 0 Å². The highest BCUT2D eigenvalue weighted by molar-refractivity contribution is 6.23. The fourth-order valence-electron chi connectivity index (χ4n) is 1.41. The summed E-state index contributed by atoms with van der Waals surface area (Å²) < 4.78 is 0. The summed E-state index contributed by atoms with van der Waals surface area (Å²) in [6.07, 6.45) is 1.99. The van der Waals surface area contributed by atoms with Crippen LogP contribution in [0.4, 0.5) is 0 Å². The maximum atomic E-state index is 10.5.